The predicted molar refractivity (Wildman–Crippen MR) is 134 cm³/mol. The largest absolute Gasteiger partial charge is 0.461 e. The van der Waals surface area contributed by atoms with Crippen LogP contribution in [0.3, 0.4) is 0 Å². The minimum atomic E-state index is -0.588. The second-order valence-corrected chi connectivity index (χ2v) is 10.4. The van der Waals surface area contributed by atoms with Gasteiger partial charge in [-0.25, -0.2) is 0 Å². The zero-order valence-corrected chi connectivity index (χ0v) is 21.2. The molecule has 3 N–H and O–H groups in total. The molecule has 0 spiro atoms. The number of nitrogens with one attached hydrogen (secondary N) is 1. The lowest BCUT2D eigenvalue weighted by molar-refractivity contribution is -0.140. The van der Waals surface area contributed by atoms with E-state index in [4.69, 9.17) is 10.2 Å². The molecule has 6 rings (SSSR count). The fourth-order valence-corrected chi connectivity index (χ4v) is 5.56. The lowest BCUT2D eigenvalue weighted by atomic mass is 9.70. The number of hydrogen-bond acceptors (Lipinski definition) is 9. The summed E-state index contributed by atoms with van der Waals surface area (Å²) in [6.45, 7) is 8.89. The number of furan rings is 1. The molecule has 0 aromatic carbocycles. The van der Waals surface area contributed by atoms with Crippen LogP contribution >= 0.6 is 0 Å². The number of allylic oxidation sites excluding steroid dienone is 2. The molecule has 2 unspecified atom stereocenters. The summed E-state index contributed by atoms with van der Waals surface area (Å²) in [6.07, 6.45) is 6.29. The fourth-order valence-electron chi connectivity index (χ4n) is 5.56. The van der Waals surface area contributed by atoms with Gasteiger partial charge in [0.1, 0.15) is 6.04 Å². The number of anilines is 2. The fraction of sp³-hybridized carbons (Fsp3) is 0.440. The van der Waals surface area contributed by atoms with Crippen molar-refractivity contribution in [1.82, 2.24) is 34.4 Å². The van der Waals surface area contributed by atoms with E-state index in [0.29, 0.717) is 31.1 Å². The van der Waals surface area contributed by atoms with Crippen LogP contribution in [0.1, 0.15) is 34.1 Å². The average Bonchev–Trinajstić information content (AvgIpc) is 3.54. The van der Waals surface area contributed by atoms with Crippen LogP contribution in [0.2, 0.25) is 0 Å². The molecule has 12 heteroatoms. The smallest absolute Gasteiger partial charge is 0.259 e. The predicted octanol–water partition coefficient (Wildman–Crippen LogP) is 2.30. The molecule has 3 aromatic rings. The maximum Gasteiger partial charge on any atom is 0.259 e. The Hall–Kier alpha value is -4.22. The summed E-state index contributed by atoms with van der Waals surface area (Å²) in [5.41, 5.74) is 7.55. The van der Waals surface area contributed by atoms with E-state index in [1.165, 1.54) is 10.8 Å². The van der Waals surface area contributed by atoms with Crippen LogP contribution in [0.5, 0.6) is 0 Å². The van der Waals surface area contributed by atoms with Gasteiger partial charge >= 0.3 is 0 Å². The lowest BCUT2D eigenvalue weighted by Gasteiger charge is -2.53. The third-order valence-electron chi connectivity index (χ3n) is 7.31. The molecular weight excluding hydrogens is 474 g/mol. The van der Waals surface area contributed by atoms with Crippen LogP contribution < -0.4 is 11.1 Å². The molecule has 37 heavy (non-hydrogen) atoms. The van der Waals surface area contributed by atoms with E-state index < -0.39 is 11.5 Å². The number of rotatable bonds is 4. The first-order chi connectivity index (χ1) is 17.7. The molecule has 2 amide bonds. The van der Waals surface area contributed by atoms with Crippen molar-refractivity contribution >= 4 is 29.5 Å². The minimum absolute atomic E-state index is 0.0349. The van der Waals surface area contributed by atoms with Gasteiger partial charge in [0.15, 0.2) is 5.76 Å². The highest BCUT2D eigenvalue weighted by molar-refractivity contribution is 5.89. The van der Waals surface area contributed by atoms with Crippen LogP contribution in [-0.2, 0) is 9.59 Å². The number of aromatic nitrogens is 5. The van der Waals surface area contributed by atoms with Gasteiger partial charge in [-0.2, -0.15) is 19.5 Å². The molecule has 3 atom stereocenters. The van der Waals surface area contributed by atoms with E-state index in [2.05, 4.69) is 51.4 Å². The normalized spacial score (nSPS) is 25.3. The number of nitrogen functional groups attached to an aromatic ring is 1. The summed E-state index contributed by atoms with van der Waals surface area (Å²) in [4.78, 5) is 43.7. The molecule has 12 nitrogen and oxygen atoms in total. The maximum atomic E-state index is 13.7. The van der Waals surface area contributed by atoms with Crippen molar-refractivity contribution in [3.8, 4) is 11.6 Å². The highest BCUT2D eigenvalue weighted by atomic mass is 16.3. The van der Waals surface area contributed by atoms with Crippen molar-refractivity contribution in [3.05, 3.63) is 41.9 Å². The van der Waals surface area contributed by atoms with Gasteiger partial charge in [0.2, 0.25) is 29.5 Å². The highest BCUT2D eigenvalue weighted by Crippen LogP contribution is 2.49. The van der Waals surface area contributed by atoms with Gasteiger partial charge in [-0.1, -0.05) is 39.8 Å². The number of fused-ring (bicyclic) bond motifs is 1. The van der Waals surface area contributed by atoms with Crippen molar-refractivity contribution in [2.24, 2.45) is 17.3 Å². The Bertz CT molecular complexity index is 1470. The van der Waals surface area contributed by atoms with Crippen LogP contribution in [0, 0.1) is 17.3 Å². The van der Waals surface area contributed by atoms with Gasteiger partial charge in [-0.05, 0) is 18.6 Å². The van der Waals surface area contributed by atoms with Crippen molar-refractivity contribution in [1.29, 1.82) is 0 Å². The van der Waals surface area contributed by atoms with Gasteiger partial charge in [0, 0.05) is 36.0 Å². The summed E-state index contributed by atoms with van der Waals surface area (Å²) in [5, 5.41) is 7.51. The first-order valence-electron chi connectivity index (χ1n) is 12.4. The van der Waals surface area contributed by atoms with Crippen molar-refractivity contribution in [3.63, 3.8) is 0 Å². The molecule has 0 radical (unpaired) electrons. The summed E-state index contributed by atoms with van der Waals surface area (Å²) in [7, 11) is 0. The monoisotopic (exact) mass is 503 g/mol. The van der Waals surface area contributed by atoms with Crippen LogP contribution in [0.4, 0.5) is 11.9 Å². The molecule has 1 saturated heterocycles. The van der Waals surface area contributed by atoms with Crippen molar-refractivity contribution in [2.75, 3.05) is 24.1 Å². The third-order valence-corrected chi connectivity index (χ3v) is 7.31. The zero-order valence-electron chi connectivity index (χ0n) is 21.2. The standard InChI is InChI=1S/C25H29N9O3/c1-13(2)20(35)32-9-10-33-18-17(32)14(3)7-8-25(18,4)12-15(21(33)36)27-23-29-22(26)34-24(30-23)28-19(31-34)16-6-5-11-37-16/h5-8,11,13-15H,9-10,12H2,1-4H3,(H3,26,27,28,29,30,31)/t14?,15-,25?/m0/s1. The quantitative estimate of drug-likeness (QED) is 0.512. The molecular formula is C25H29N9O3. The number of nitrogens with two attached hydrogens (primary N) is 1. The highest BCUT2D eigenvalue weighted by Gasteiger charge is 2.51. The number of carbonyl (C=O) groups excluding carboxylic acids is 2. The second kappa shape index (κ2) is 8.15. The number of carbonyl (C=O) groups is 2. The van der Waals surface area contributed by atoms with E-state index in [-0.39, 0.29) is 41.3 Å². The Morgan fingerprint density at radius 1 is 1.27 bits per heavy atom. The summed E-state index contributed by atoms with van der Waals surface area (Å²) < 4.78 is 6.70. The first-order valence-corrected chi connectivity index (χ1v) is 12.4. The van der Waals surface area contributed by atoms with Crippen molar-refractivity contribution in [2.45, 2.75) is 40.2 Å². The SMILES string of the molecule is CC(C)C(=O)N1CCN2C(=O)[C@@H](Nc3nc(N)n4nc(-c5ccco5)nc4n3)CC3(C)C=CC(C)C1=C23. The van der Waals surface area contributed by atoms with E-state index in [1.807, 2.05) is 23.6 Å². The number of amides is 2. The molecule has 2 aliphatic heterocycles. The third kappa shape index (κ3) is 3.58. The summed E-state index contributed by atoms with van der Waals surface area (Å²) in [5.74, 6) is 1.25. The molecule has 0 bridgehead atoms. The van der Waals surface area contributed by atoms with Gasteiger partial charge in [0.05, 0.1) is 12.0 Å². The topological polar surface area (TPSA) is 148 Å². The minimum Gasteiger partial charge on any atom is -0.461 e. The summed E-state index contributed by atoms with van der Waals surface area (Å²) >= 11 is 0. The molecule has 1 aliphatic carbocycles. The zero-order chi connectivity index (χ0) is 26.1. The van der Waals surface area contributed by atoms with Gasteiger partial charge in [-0.3, -0.25) is 9.59 Å². The summed E-state index contributed by atoms with van der Waals surface area (Å²) in [6, 6.07) is 2.89. The number of nitrogens with zero attached hydrogens (tertiary/aromatic N) is 7. The Morgan fingerprint density at radius 2 is 2.08 bits per heavy atom. The molecule has 5 heterocycles. The molecule has 3 aromatic heterocycles. The van der Waals surface area contributed by atoms with E-state index in [9.17, 15) is 9.59 Å². The van der Waals surface area contributed by atoms with E-state index in [1.54, 1.807) is 12.1 Å². The van der Waals surface area contributed by atoms with Crippen molar-refractivity contribution < 1.29 is 14.0 Å². The molecule has 1 fully saturated rings. The van der Waals surface area contributed by atoms with Crippen LogP contribution in [-0.4, -0.2) is 65.3 Å². The Balaban J connectivity index is 1.34. The number of hydrogen-bond donors (Lipinski definition) is 2. The van der Waals surface area contributed by atoms with Gasteiger partial charge < -0.3 is 25.3 Å². The Morgan fingerprint density at radius 3 is 2.81 bits per heavy atom. The molecule has 3 aliphatic rings. The number of piperidine rings is 1. The van der Waals surface area contributed by atoms with E-state index >= 15 is 0 Å². The first kappa shape index (κ1) is 23.2. The Labute approximate surface area is 213 Å². The van der Waals surface area contributed by atoms with Crippen LogP contribution in [0.25, 0.3) is 17.4 Å². The van der Waals surface area contributed by atoms with Crippen LogP contribution in [0.15, 0.2) is 46.4 Å². The molecule has 192 valence electrons. The maximum absolute atomic E-state index is 13.7. The lowest BCUT2D eigenvalue weighted by Crippen LogP contribution is -2.60. The van der Waals surface area contributed by atoms with E-state index in [0.717, 1.165) is 11.4 Å². The Kier molecular flexibility index (Phi) is 5.11. The second-order valence-electron chi connectivity index (χ2n) is 10.4. The van der Waals surface area contributed by atoms with Gasteiger partial charge in [-0.15, -0.1) is 5.10 Å². The average molecular weight is 504 g/mol. The molecule has 0 saturated carbocycles. The van der Waals surface area contributed by atoms with Gasteiger partial charge in [0.25, 0.3) is 5.78 Å².